The van der Waals surface area contributed by atoms with Crippen molar-refractivity contribution in [1.29, 1.82) is 0 Å². The van der Waals surface area contributed by atoms with Crippen LogP contribution in [0, 0.1) is 5.92 Å². The minimum absolute atomic E-state index is 0.133. The second kappa shape index (κ2) is 12.3. The number of ether oxygens (including phenoxy) is 2. The molecule has 2 atom stereocenters. The fourth-order valence-corrected chi connectivity index (χ4v) is 6.51. The van der Waals surface area contributed by atoms with Crippen molar-refractivity contribution in [2.24, 2.45) is 5.92 Å². The lowest BCUT2D eigenvalue weighted by molar-refractivity contribution is -0.0695. The lowest BCUT2D eigenvalue weighted by Crippen LogP contribution is -2.30. The summed E-state index contributed by atoms with van der Waals surface area (Å²) in [5.74, 6) is 0.310. The third-order valence-corrected chi connectivity index (χ3v) is 8.85. The third kappa shape index (κ3) is 6.71. The highest BCUT2D eigenvalue weighted by Gasteiger charge is 2.32. The predicted molar refractivity (Wildman–Crippen MR) is 137 cm³/mol. The molecule has 0 bridgehead atoms. The molecule has 1 N–H and O–H groups in total. The second-order valence-corrected chi connectivity index (χ2v) is 11.6. The highest BCUT2D eigenvalue weighted by atomic mass is 32.2. The molecule has 2 heterocycles. The Kier molecular flexibility index (Phi) is 9.22. The Hall–Kier alpha value is -1.68. The van der Waals surface area contributed by atoms with Crippen LogP contribution < -0.4 is 4.72 Å². The van der Waals surface area contributed by atoms with Gasteiger partial charge in [-0.3, -0.25) is 4.72 Å². The average Bonchev–Trinajstić information content (AvgIpc) is 3.35. The van der Waals surface area contributed by atoms with Gasteiger partial charge < -0.3 is 9.47 Å². The lowest BCUT2D eigenvalue weighted by Gasteiger charge is -2.28. The van der Waals surface area contributed by atoms with E-state index in [9.17, 15) is 8.42 Å². The number of hydrogen-bond acceptors (Lipinski definition) is 6. The summed E-state index contributed by atoms with van der Waals surface area (Å²) in [6.07, 6.45) is 3.39. The predicted octanol–water partition coefficient (Wildman–Crippen LogP) is 4.56. The molecular weight excluding hydrogens is 468 g/mol. The molecule has 0 aromatic heterocycles. The molecule has 0 aliphatic carbocycles. The van der Waals surface area contributed by atoms with Gasteiger partial charge in [-0.05, 0) is 53.8 Å². The van der Waals surface area contributed by atoms with E-state index in [1.165, 1.54) is 17.5 Å². The summed E-state index contributed by atoms with van der Waals surface area (Å²) in [4.78, 5) is 0.342. The molecule has 0 radical (unpaired) electrons. The van der Waals surface area contributed by atoms with Gasteiger partial charge in [-0.1, -0.05) is 61.0 Å². The van der Waals surface area contributed by atoms with Crippen LogP contribution in [0.15, 0.2) is 71.5 Å². The van der Waals surface area contributed by atoms with Crippen LogP contribution in [0.2, 0.25) is 0 Å². The van der Waals surface area contributed by atoms with Crippen LogP contribution in [-0.4, -0.2) is 51.7 Å². The van der Waals surface area contributed by atoms with Gasteiger partial charge >= 0.3 is 0 Å². The summed E-state index contributed by atoms with van der Waals surface area (Å²) in [7, 11) is -3.51. The van der Waals surface area contributed by atoms with E-state index in [-0.39, 0.29) is 12.2 Å². The molecule has 1 unspecified atom stereocenters. The Morgan fingerprint density at radius 1 is 1.12 bits per heavy atom. The highest BCUT2D eigenvalue weighted by Crippen LogP contribution is 2.30. The normalized spacial score (nSPS) is 20.9. The van der Waals surface area contributed by atoms with Crippen LogP contribution in [0.25, 0.3) is 0 Å². The molecule has 184 valence electrons. The second-order valence-electron chi connectivity index (χ2n) is 8.85. The zero-order chi connectivity index (χ0) is 23.8. The van der Waals surface area contributed by atoms with Crippen LogP contribution in [0.3, 0.4) is 0 Å². The van der Waals surface area contributed by atoms with E-state index < -0.39 is 10.0 Å². The Morgan fingerprint density at radius 2 is 1.85 bits per heavy atom. The van der Waals surface area contributed by atoms with Crippen LogP contribution in [0.4, 0.5) is 0 Å². The average molecular weight is 503 g/mol. The topological polar surface area (TPSA) is 67.9 Å². The zero-order valence-electron chi connectivity index (χ0n) is 19.5. The number of nitrogens with zero attached hydrogens (tertiary/aromatic N) is 1. The Balaban J connectivity index is 1.46. The maximum absolute atomic E-state index is 13.2. The first-order valence-corrected chi connectivity index (χ1v) is 14.2. The monoisotopic (exact) mass is 502 g/mol. The fraction of sp³-hybridized carbons (Fsp3) is 0.462. The van der Waals surface area contributed by atoms with Gasteiger partial charge in [0.15, 0.2) is 0 Å². The molecule has 2 aromatic carbocycles. The number of nitrogens with one attached hydrogen (secondary N) is 1. The lowest BCUT2D eigenvalue weighted by atomic mass is 10.0. The van der Waals surface area contributed by atoms with Crippen molar-refractivity contribution in [1.82, 2.24) is 9.03 Å². The van der Waals surface area contributed by atoms with Crippen LogP contribution >= 0.6 is 11.9 Å². The van der Waals surface area contributed by atoms with E-state index in [2.05, 4.69) is 23.4 Å². The van der Waals surface area contributed by atoms with Gasteiger partial charge in [0.25, 0.3) is 0 Å². The minimum Gasteiger partial charge on any atom is -0.381 e. The van der Waals surface area contributed by atoms with E-state index in [1.54, 1.807) is 21.8 Å². The molecule has 6 nitrogen and oxygen atoms in total. The van der Waals surface area contributed by atoms with Gasteiger partial charge in [0, 0.05) is 39.3 Å². The van der Waals surface area contributed by atoms with Gasteiger partial charge in [0.2, 0.25) is 10.0 Å². The third-order valence-electron chi connectivity index (χ3n) is 6.47. The standard InChI is InChI=1S/C26H34N2O4S2/c1-2-33-27-19-22-12-15-28(20-22)34(29,30)25-10-8-23(9-11-25)26(18-21-6-4-3-5-7-21)32-24-13-16-31-17-14-24/h2-11,22,24,26-27H,1,12-20H2/t22-,26?/m1/s1. The fourth-order valence-electron chi connectivity index (χ4n) is 4.53. The van der Waals surface area contributed by atoms with Crippen molar-refractivity contribution in [3.05, 3.63) is 77.7 Å². The molecule has 2 fully saturated rings. The van der Waals surface area contributed by atoms with Crippen molar-refractivity contribution in [3.63, 3.8) is 0 Å². The van der Waals surface area contributed by atoms with Crippen molar-refractivity contribution in [2.75, 3.05) is 32.8 Å². The Labute approximate surface area is 207 Å². The minimum atomic E-state index is -3.51. The van der Waals surface area contributed by atoms with Crippen molar-refractivity contribution in [3.8, 4) is 0 Å². The SMILES string of the molecule is C=CSNC[C@H]1CCN(S(=O)(=O)c2ccc(C(Cc3ccccc3)OC3CCOCC3)cc2)C1. The summed E-state index contributed by atoms with van der Waals surface area (Å²) in [5, 5.41) is 1.74. The highest BCUT2D eigenvalue weighted by molar-refractivity contribution is 8.00. The quantitative estimate of drug-likeness (QED) is 0.359. The molecule has 0 saturated carbocycles. The van der Waals surface area contributed by atoms with Gasteiger partial charge in [-0.25, -0.2) is 8.42 Å². The maximum Gasteiger partial charge on any atom is 0.243 e. The number of rotatable bonds is 11. The summed E-state index contributed by atoms with van der Waals surface area (Å²) >= 11 is 1.44. The summed E-state index contributed by atoms with van der Waals surface area (Å²) in [6, 6.07) is 17.6. The smallest absolute Gasteiger partial charge is 0.243 e. The van der Waals surface area contributed by atoms with Gasteiger partial charge in [0.1, 0.15) is 0 Å². The van der Waals surface area contributed by atoms with E-state index in [1.807, 2.05) is 30.3 Å². The van der Waals surface area contributed by atoms with Crippen LogP contribution in [-0.2, 0) is 25.9 Å². The summed E-state index contributed by atoms with van der Waals surface area (Å²) in [5.41, 5.74) is 2.20. The van der Waals surface area contributed by atoms with Gasteiger partial charge in [0.05, 0.1) is 17.1 Å². The van der Waals surface area contributed by atoms with Crippen LogP contribution in [0.5, 0.6) is 0 Å². The van der Waals surface area contributed by atoms with E-state index >= 15 is 0 Å². The molecule has 0 spiro atoms. The molecule has 2 saturated heterocycles. The molecule has 8 heteroatoms. The summed E-state index contributed by atoms with van der Waals surface area (Å²) in [6.45, 7) is 6.98. The molecule has 2 aliphatic rings. The first kappa shape index (κ1) is 25.4. The molecule has 34 heavy (non-hydrogen) atoms. The first-order chi connectivity index (χ1) is 16.6. The maximum atomic E-state index is 13.2. The van der Waals surface area contributed by atoms with Crippen molar-refractivity contribution in [2.45, 2.75) is 42.8 Å². The Bertz CT molecular complexity index is 1010. The molecule has 2 aromatic rings. The van der Waals surface area contributed by atoms with E-state index in [0.717, 1.165) is 51.0 Å². The first-order valence-electron chi connectivity index (χ1n) is 11.9. The summed E-state index contributed by atoms with van der Waals surface area (Å²) < 4.78 is 43.3. The number of benzene rings is 2. The van der Waals surface area contributed by atoms with Crippen molar-refractivity contribution < 1.29 is 17.9 Å². The van der Waals surface area contributed by atoms with E-state index in [4.69, 9.17) is 9.47 Å². The van der Waals surface area contributed by atoms with E-state index in [0.29, 0.717) is 23.9 Å². The molecule has 4 rings (SSSR count). The van der Waals surface area contributed by atoms with Crippen molar-refractivity contribution >= 4 is 22.0 Å². The largest absolute Gasteiger partial charge is 0.381 e. The zero-order valence-corrected chi connectivity index (χ0v) is 21.1. The number of hydrogen-bond donors (Lipinski definition) is 1. The molecular formula is C26H34N2O4S2. The van der Waals surface area contributed by atoms with Crippen LogP contribution in [0.1, 0.15) is 36.5 Å². The van der Waals surface area contributed by atoms with Gasteiger partial charge in [-0.2, -0.15) is 4.31 Å². The van der Waals surface area contributed by atoms with Gasteiger partial charge in [-0.15, -0.1) is 0 Å². The Morgan fingerprint density at radius 3 is 2.56 bits per heavy atom. The molecule has 2 aliphatic heterocycles. The number of sulfonamides is 1. The molecule has 0 amide bonds.